The zero-order chi connectivity index (χ0) is 20.7. The number of rotatable bonds is 2. The number of amides is 2. The minimum Gasteiger partial charge on any atom is -0.451 e. The molecular weight excluding hydrogens is 463 g/mol. The number of carbonyl (C=O) groups is 2. The van der Waals surface area contributed by atoms with E-state index in [0.717, 1.165) is 21.5 Å². The molecule has 1 aliphatic heterocycles. The number of hydrogen-bond acceptors (Lipinski definition) is 3. The van der Waals surface area contributed by atoms with E-state index in [2.05, 4.69) is 15.9 Å². The van der Waals surface area contributed by atoms with Crippen LogP contribution in [0.15, 0.2) is 45.3 Å². The van der Waals surface area contributed by atoms with Gasteiger partial charge < -0.3 is 14.2 Å². The van der Waals surface area contributed by atoms with Crippen LogP contribution < -0.4 is 0 Å². The van der Waals surface area contributed by atoms with E-state index in [4.69, 9.17) is 16.0 Å². The Morgan fingerprint density at radius 1 is 1.03 bits per heavy atom. The third kappa shape index (κ3) is 3.76. The molecule has 0 atom stereocenters. The minimum absolute atomic E-state index is 0.0811. The van der Waals surface area contributed by atoms with Gasteiger partial charge in [-0.25, -0.2) is 4.39 Å². The molecule has 0 N–H and O–H groups in total. The van der Waals surface area contributed by atoms with Crippen molar-refractivity contribution in [3.05, 3.63) is 68.6 Å². The van der Waals surface area contributed by atoms with E-state index in [0.29, 0.717) is 37.5 Å². The van der Waals surface area contributed by atoms with Crippen molar-refractivity contribution >= 4 is 50.3 Å². The van der Waals surface area contributed by atoms with E-state index in [-0.39, 0.29) is 22.4 Å². The topological polar surface area (TPSA) is 53.8 Å². The molecule has 1 aliphatic rings. The second-order valence-corrected chi connectivity index (χ2v) is 8.23. The second-order valence-electron chi connectivity index (χ2n) is 6.91. The van der Waals surface area contributed by atoms with Crippen molar-refractivity contribution in [2.45, 2.75) is 6.92 Å². The Morgan fingerprint density at radius 2 is 1.69 bits per heavy atom. The Kier molecular flexibility index (Phi) is 5.36. The Bertz CT molecular complexity index is 1120. The smallest absolute Gasteiger partial charge is 0.290 e. The number of nitrogens with zero attached hydrogens (tertiary/aromatic N) is 2. The molecule has 1 saturated heterocycles. The van der Waals surface area contributed by atoms with E-state index in [1.165, 1.54) is 12.1 Å². The van der Waals surface area contributed by atoms with Gasteiger partial charge in [0, 0.05) is 41.6 Å². The highest BCUT2D eigenvalue weighted by Crippen LogP contribution is 2.29. The molecule has 1 fully saturated rings. The monoisotopic (exact) mass is 478 g/mol. The molecule has 0 bridgehead atoms. The first-order valence-corrected chi connectivity index (χ1v) is 10.2. The van der Waals surface area contributed by atoms with E-state index >= 15 is 0 Å². The molecule has 1 aromatic heterocycles. The number of hydrogen-bond donors (Lipinski definition) is 0. The summed E-state index contributed by atoms with van der Waals surface area (Å²) in [6, 6.07) is 9.33. The molecule has 0 saturated carbocycles. The van der Waals surface area contributed by atoms with Crippen LogP contribution in [-0.2, 0) is 0 Å². The van der Waals surface area contributed by atoms with Crippen molar-refractivity contribution < 1.29 is 18.4 Å². The summed E-state index contributed by atoms with van der Waals surface area (Å²) >= 11 is 9.44. The lowest BCUT2D eigenvalue weighted by Crippen LogP contribution is -2.50. The number of fused-ring (bicyclic) bond motifs is 1. The van der Waals surface area contributed by atoms with Crippen molar-refractivity contribution in [1.29, 1.82) is 0 Å². The molecular formula is C21H17BrClFN2O3. The number of benzene rings is 2. The van der Waals surface area contributed by atoms with Crippen molar-refractivity contribution in [2.75, 3.05) is 26.2 Å². The third-order valence-corrected chi connectivity index (χ3v) is 5.91. The highest BCUT2D eigenvalue weighted by atomic mass is 79.9. The van der Waals surface area contributed by atoms with Gasteiger partial charge in [-0.2, -0.15) is 0 Å². The normalized spacial score (nSPS) is 14.5. The summed E-state index contributed by atoms with van der Waals surface area (Å²) in [5.74, 6) is -0.636. The fourth-order valence-electron chi connectivity index (χ4n) is 3.49. The SMILES string of the molecule is Cc1c(C(=O)N2CCN(C(=O)c3ccc(F)cc3Cl)CC2)oc2ccc(Br)cc12. The lowest BCUT2D eigenvalue weighted by atomic mass is 10.1. The minimum atomic E-state index is -0.491. The summed E-state index contributed by atoms with van der Waals surface area (Å²) in [7, 11) is 0. The average Bonchev–Trinajstić information content (AvgIpc) is 3.03. The van der Waals surface area contributed by atoms with Crippen LogP contribution in [0.2, 0.25) is 5.02 Å². The molecule has 150 valence electrons. The van der Waals surface area contributed by atoms with Crippen LogP contribution in [0.4, 0.5) is 4.39 Å². The van der Waals surface area contributed by atoms with E-state index in [9.17, 15) is 14.0 Å². The van der Waals surface area contributed by atoms with Crippen LogP contribution in [0.5, 0.6) is 0 Å². The average molecular weight is 480 g/mol. The molecule has 4 rings (SSSR count). The molecule has 0 spiro atoms. The van der Waals surface area contributed by atoms with Gasteiger partial charge in [-0.05, 0) is 43.3 Å². The van der Waals surface area contributed by atoms with Gasteiger partial charge >= 0.3 is 0 Å². The summed E-state index contributed by atoms with van der Waals surface area (Å²) in [6.45, 7) is 3.35. The summed E-state index contributed by atoms with van der Waals surface area (Å²) in [4.78, 5) is 28.9. The zero-order valence-electron chi connectivity index (χ0n) is 15.5. The van der Waals surface area contributed by atoms with Gasteiger partial charge in [0.1, 0.15) is 11.4 Å². The van der Waals surface area contributed by atoms with E-state index < -0.39 is 5.82 Å². The van der Waals surface area contributed by atoms with Gasteiger partial charge in [-0.1, -0.05) is 27.5 Å². The largest absolute Gasteiger partial charge is 0.451 e. The van der Waals surface area contributed by atoms with Gasteiger partial charge in [-0.3, -0.25) is 9.59 Å². The first-order valence-electron chi connectivity index (χ1n) is 9.07. The first-order chi connectivity index (χ1) is 13.8. The summed E-state index contributed by atoms with van der Waals surface area (Å²) in [5, 5.41) is 0.972. The maximum Gasteiger partial charge on any atom is 0.290 e. The number of furan rings is 1. The highest BCUT2D eigenvalue weighted by molar-refractivity contribution is 9.10. The molecule has 8 heteroatoms. The molecule has 0 unspecified atom stereocenters. The molecule has 2 heterocycles. The number of carbonyl (C=O) groups excluding carboxylic acids is 2. The number of piperazine rings is 1. The maximum atomic E-state index is 13.2. The number of halogens is 3. The van der Waals surface area contributed by atoms with Crippen molar-refractivity contribution in [1.82, 2.24) is 9.80 Å². The third-order valence-electron chi connectivity index (χ3n) is 5.11. The lowest BCUT2D eigenvalue weighted by molar-refractivity contribution is 0.0519. The quantitative estimate of drug-likeness (QED) is 0.526. The molecule has 0 radical (unpaired) electrons. The van der Waals surface area contributed by atoms with Crippen molar-refractivity contribution in [2.24, 2.45) is 0 Å². The summed E-state index contributed by atoms with van der Waals surface area (Å²) in [6.07, 6.45) is 0. The molecule has 3 aromatic rings. The zero-order valence-corrected chi connectivity index (χ0v) is 17.9. The van der Waals surface area contributed by atoms with Crippen LogP contribution >= 0.6 is 27.5 Å². The molecule has 0 aliphatic carbocycles. The van der Waals surface area contributed by atoms with Gasteiger partial charge in [0.2, 0.25) is 0 Å². The molecule has 29 heavy (non-hydrogen) atoms. The van der Waals surface area contributed by atoms with Gasteiger partial charge in [0.25, 0.3) is 11.8 Å². The summed E-state index contributed by atoms with van der Waals surface area (Å²) in [5.41, 5.74) is 1.71. The summed E-state index contributed by atoms with van der Waals surface area (Å²) < 4.78 is 19.9. The molecule has 2 amide bonds. The number of aryl methyl sites for hydroxylation is 1. The predicted octanol–water partition coefficient (Wildman–Crippen LogP) is 4.89. The molecule has 2 aromatic carbocycles. The van der Waals surface area contributed by atoms with Gasteiger partial charge in [0.15, 0.2) is 5.76 Å². The Balaban J connectivity index is 1.47. The van der Waals surface area contributed by atoms with Crippen molar-refractivity contribution in [3.8, 4) is 0 Å². The van der Waals surface area contributed by atoms with E-state index in [1.54, 1.807) is 9.80 Å². The molecule has 5 nitrogen and oxygen atoms in total. The lowest BCUT2D eigenvalue weighted by Gasteiger charge is -2.34. The Hall–Kier alpha value is -2.38. The van der Waals surface area contributed by atoms with Crippen LogP contribution in [0, 0.1) is 12.7 Å². The van der Waals surface area contributed by atoms with Gasteiger partial charge in [-0.15, -0.1) is 0 Å². The first kappa shape index (κ1) is 19.9. The second kappa shape index (κ2) is 7.80. The Labute approximate surface area is 180 Å². The van der Waals surface area contributed by atoms with Gasteiger partial charge in [0.05, 0.1) is 10.6 Å². The fraction of sp³-hybridized carbons (Fsp3) is 0.238. The standard InChI is InChI=1S/C21H17BrClFN2O3/c1-12-16-10-13(22)2-5-18(16)29-19(12)21(28)26-8-6-25(7-9-26)20(27)15-4-3-14(24)11-17(15)23/h2-5,10-11H,6-9H2,1H3. The predicted molar refractivity (Wildman–Crippen MR) is 112 cm³/mol. The fourth-order valence-corrected chi connectivity index (χ4v) is 4.10. The van der Waals surface area contributed by atoms with Crippen molar-refractivity contribution in [3.63, 3.8) is 0 Å². The van der Waals surface area contributed by atoms with Crippen LogP contribution in [0.25, 0.3) is 11.0 Å². The van der Waals surface area contributed by atoms with Crippen LogP contribution in [-0.4, -0.2) is 47.8 Å². The maximum absolute atomic E-state index is 13.2. The van der Waals surface area contributed by atoms with Crippen LogP contribution in [0.1, 0.15) is 26.5 Å². The highest BCUT2D eigenvalue weighted by Gasteiger charge is 2.29. The van der Waals surface area contributed by atoms with Crippen LogP contribution in [0.3, 0.4) is 0 Å². The Morgan fingerprint density at radius 3 is 2.34 bits per heavy atom. The van der Waals surface area contributed by atoms with E-state index in [1.807, 2.05) is 25.1 Å².